The summed E-state index contributed by atoms with van der Waals surface area (Å²) in [4.78, 5) is 0. The topological polar surface area (TPSA) is 0 Å². The number of rotatable bonds is 5. The molecule has 0 heteroatoms. The lowest BCUT2D eigenvalue weighted by Crippen LogP contribution is -1.91. The molecule has 17 rings (SSSR count). The molecule has 0 aliphatic carbocycles. The fourth-order valence-corrected chi connectivity index (χ4v) is 13.6. The summed E-state index contributed by atoms with van der Waals surface area (Å²) >= 11 is 0. The van der Waals surface area contributed by atoms with Gasteiger partial charge in [-0.25, -0.2) is 0 Å². The van der Waals surface area contributed by atoms with Crippen molar-refractivity contribution < 1.29 is 0 Å². The van der Waals surface area contributed by atoms with Crippen molar-refractivity contribution in [3.8, 4) is 55.6 Å². The van der Waals surface area contributed by atoms with Crippen LogP contribution in [0.15, 0.2) is 315 Å². The minimum Gasteiger partial charge on any atom is -0.0622 e. The lowest BCUT2D eigenvalue weighted by Gasteiger charge is -2.19. The Morgan fingerprint density at radius 3 is 0.866 bits per heavy atom. The van der Waals surface area contributed by atoms with E-state index in [0.717, 1.165) is 0 Å². The molecule has 0 radical (unpaired) electrons. The number of fused-ring (bicyclic) bond motifs is 12. The molecule has 0 amide bonds. The Balaban J connectivity index is 0.000000136. The van der Waals surface area contributed by atoms with Gasteiger partial charge in [0.05, 0.1) is 0 Å². The summed E-state index contributed by atoms with van der Waals surface area (Å²) in [7, 11) is 0. The normalized spacial score (nSPS) is 11.7. The first-order valence-electron chi connectivity index (χ1n) is 28.5. The van der Waals surface area contributed by atoms with Crippen molar-refractivity contribution in [1.29, 1.82) is 0 Å². The third-order valence-electron chi connectivity index (χ3n) is 17.2. The molecule has 0 unspecified atom stereocenters. The largest absolute Gasteiger partial charge is 0.0622 e. The van der Waals surface area contributed by atoms with Gasteiger partial charge < -0.3 is 0 Å². The standard InChI is InChI=1S/C44H28.C38H24/c1-2-12-29(13-3-1)43-38-18-6-8-20-40(38)44(41-21-9-7-19-39(41)43)34-17-10-16-32(27-34)35-22-11-23-36-37(35)25-24-33-26-30-14-4-5-15-31(30)28-42(33)36;1-2-11-25(12-3-1)37-32-15-6-8-17-34(32)38(35-18-9-7-16-33(35)37)31-20-10-19-29-30(31)22-21-28-23-26-13-4-5-14-27(26)24-36(28)29/h1-28H;1-24H. The Kier molecular flexibility index (Phi) is 11.3. The van der Waals surface area contributed by atoms with E-state index in [2.05, 4.69) is 315 Å². The van der Waals surface area contributed by atoms with Gasteiger partial charge in [0.1, 0.15) is 0 Å². The molecular formula is C82H52. The second-order valence-electron chi connectivity index (χ2n) is 21.8. The van der Waals surface area contributed by atoms with Gasteiger partial charge in [0.25, 0.3) is 0 Å². The van der Waals surface area contributed by atoms with E-state index in [1.807, 2.05) is 0 Å². The van der Waals surface area contributed by atoms with Gasteiger partial charge in [-0.1, -0.05) is 285 Å². The zero-order chi connectivity index (χ0) is 54.1. The van der Waals surface area contributed by atoms with Crippen molar-refractivity contribution in [2.24, 2.45) is 0 Å². The Morgan fingerprint density at radius 2 is 0.427 bits per heavy atom. The van der Waals surface area contributed by atoms with Crippen LogP contribution < -0.4 is 0 Å². The van der Waals surface area contributed by atoms with Crippen LogP contribution in [-0.2, 0) is 0 Å². The van der Waals surface area contributed by atoms with Gasteiger partial charge in [-0.3, -0.25) is 0 Å². The monoisotopic (exact) mass is 1040 g/mol. The van der Waals surface area contributed by atoms with E-state index in [-0.39, 0.29) is 0 Å². The molecule has 17 aromatic carbocycles. The van der Waals surface area contributed by atoms with E-state index in [4.69, 9.17) is 0 Å². The number of benzene rings is 17. The van der Waals surface area contributed by atoms with Crippen molar-refractivity contribution in [1.82, 2.24) is 0 Å². The molecule has 0 saturated carbocycles. The molecule has 0 spiro atoms. The van der Waals surface area contributed by atoms with Gasteiger partial charge in [-0.2, -0.15) is 0 Å². The van der Waals surface area contributed by atoms with Gasteiger partial charge in [0, 0.05) is 0 Å². The van der Waals surface area contributed by atoms with Crippen molar-refractivity contribution in [2.75, 3.05) is 0 Å². The van der Waals surface area contributed by atoms with Gasteiger partial charge in [-0.05, 0) is 194 Å². The van der Waals surface area contributed by atoms with Crippen LogP contribution in [0.4, 0.5) is 0 Å². The highest BCUT2D eigenvalue weighted by Gasteiger charge is 2.20. The first-order chi connectivity index (χ1) is 40.7. The second kappa shape index (κ2) is 19.6. The third kappa shape index (κ3) is 7.83. The third-order valence-corrected chi connectivity index (χ3v) is 17.2. The summed E-state index contributed by atoms with van der Waals surface area (Å²) in [5, 5.41) is 25.7. The van der Waals surface area contributed by atoms with Gasteiger partial charge in [0.15, 0.2) is 0 Å². The highest BCUT2D eigenvalue weighted by atomic mass is 14.2. The Bertz CT molecular complexity index is 5270. The highest BCUT2D eigenvalue weighted by Crippen LogP contribution is 2.48. The number of hydrogen-bond donors (Lipinski definition) is 0. The second-order valence-corrected chi connectivity index (χ2v) is 21.8. The summed E-state index contributed by atoms with van der Waals surface area (Å²) in [6.45, 7) is 0. The quantitative estimate of drug-likeness (QED) is 0.119. The molecule has 0 bridgehead atoms. The molecule has 380 valence electrons. The summed E-state index contributed by atoms with van der Waals surface area (Å²) in [5.41, 5.74) is 12.7. The van der Waals surface area contributed by atoms with E-state index < -0.39 is 0 Å². The van der Waals surface area contributed by atoms with E-state index in [1.54, 1.807) is 0 Å². The van der Waals surface area contributed by atoms with E-state index >= 15 is 0 Å². The zero-order valence-corrected chi connectivity index (χ0v) is 45.0. The molecule has 0 N–H and O–H groups in total. The molecule has 0 saturated heterocycles. The average Bonchev–Trinajstić information content (AvgIpc) is 3.68. The predicted octanol–water partition coefficient (Wildman–Crippen LogP) is 23.2. The van der Waals surface area contributed by atoms with Crippen LogP contribution in [0.2, 0.25) is 0 Å². The summed E-state index contributed by atoms with van der Waals surface area (Å²) in [5.74, 6) is 0. The SMILES string of the molecule is c1ccc(-c2c3ccccc3c(-c3cccc(-c4cccc5c4ccc4cc6ccccc6cc45)c3)c3ccccc23)cc1.c1ccc(-c2c3ccccc3c(-c3cccc4c3ccc3cc5ccccc5cc34)c3ccccc23)cc1. The zero-order valence-electron chi connectivity index (χ0n) is 45.0. The van der Waals surface area contributed by atoms with Crippen LogP contribution in [0.25, 0.3) is 163 Å². The Labute approximate surface area is 476 Å². The fraction of sp³-hybridized carbons (Fsp3) is 0. The molecule has 0 atom stereocenters. The number of hydrogen-bond acceptors (Lipinski definition) is 0. The maximum atomic E-state index is 2.38. The lowest BCUT2D eigenvalue weighted by molar-refractivity contribution is 1.63. The maximum Gasteiger partial charge on any atom is -0.00201 e. The Hall–Kier alpha value is -10.7. The van der Waals surface area contributed by atoms with Crippen LogP contribution in [0.5, 0.6) is 0 Å². The fourth-order valence-electron chi connectivity index (χ4n) is 13.6. The first-order valence-corrected chi connectivity index (χ1v) is 28.5. The van der Waals surface area contributed by atoms with Crippen molar-refractivity contribution >= 4 is 108 Å². The van der Waals surface area contributed by atoms with E-state index in [1.165, 1.54) is 163 Å². The van der Waals surface area contributed by atoms with Gasteiger partial charge in [-0.15, -0.1) is 0 Å². The van der Waals surface area contributed by atoms with Crippen LogP contribution in [0, 0.1) is 0 Å². The minimum absolute atomic E-state index is 1.23. The maximum absolute atomic E-state index is 2.38. The van der Waals surface area contributed by atoms with Crippen LogP contribution in [0.1, 0.15) is 0 Å². The first kappa shape index (κ1) is 47.3. The van der Waals surface area contributed by atoms with Crippen molar-refractivity contribution in [2.45, 2.75) is 0 Å². The molecule has 0 aromatic heterocycles. The van der Waals surface area contributed by atoms with Crippen molar-refractivity contribution in [3.63, 3.8) is 0 Å². The summed E-state index contributed by atoms with van der Waals surface area (Å²) in [6.07, 6.45) is 0. The molecule has 0 heterocycles. The van der Waals surface area contributed by atoms with Gasteiger partial charge >= 0.3 is 0 Å². The van der Waals surface area contributed by atoms with E-state index in [0.29, 0.717) is 0 Å². The molecule has 0 aliphatic heterocycles. The molecule has 17 aromatic rings. The predicted molar refractivity (Wildman–Crippen MR) is 355 cm³/mol. The molecule has 82 heavy (non-hydrogen) atoms. The van der Waals surface area contributed by atoms with Crippen LogP contribution in [0.3, 0.4) is 0 Å². The van der Waals surface area contributed by atoms with Gasteiger partial charge in [0.2, 0.25) is 0 Å². The summed E-state index contributed by atoms with van der Waals surface area (Å²) < 4.78 is 0. The smallest absolute Gasteiger partial charge is 0.00201 e. The molecule has 0 nitrogen and oxygen atoms in total. The molecule has 0 fully saturated rings. The molecule has 0 aliphatic rings. The lowest BCUT2D eigenvalue weighted by atomic mass is 9.84. The highest BCUT2D eigenvalue weighted by molar-refractivity contribution is 6.26. The molecular weight excluding hydrogens is 985 g/mol. The van der Waals surface area contributed by atoms with Crippen LogP contribution in [-0.4, -0.2) is 0 Å². The Morgan fingerprint density at radius 1 is 0.122 bits per heavy atom. The minimum atomic E-state index is 1.23. The summed E-state index contributed by atoms with van der Waals surface area (Å²) in [6, 6.07) is 116. The van der Waals surface area contributed by atoms with Crippen LogP contribution >= 0.6 is 0 Å². The van der Waals surface area contributed by atoms with Crippen molar-refractivity contribution in [3.05, 3.63) is 315 Å². The average molecular weight is 1040 g/mol. The van der Waals surface area contributed by atoms with E-state index in [9.17, 15) is 0 Å².